The maximum Gasteiger partial charge on any atom is 0.508 e. The average molecular weight is 340 g/mol. The molecule has 0 aliphatic heterocycles. The number of carbonyl (C=O) groups is 1. The number of alkyl carbamates (subject to hydrolysis) is 1. The predicted octanol–water partition coefficient (Wildman–Crippen LogP) is 4.50. The van der Waals surface area contributed by atoms with Crippen molar-refractivity contribution in [2.24, 2.45) is 5.92 Å². The lowest BCUT2D eigenvalue weighted by Crippen LogP contribution is -2.25. The third-order valence-electron chi connectivity index (χ3n) is 3.43. The molecule has 0 bridgehead atoms. The first-order valence-corrected chi connectivity index (χ1v) is 9.50. The van der Waals surface area contributed by atoms with E-state index >= 15 is 0 Å². The maximum absolute atomic E-state index is 11.6. The Hall–Kier alpha value is -1.45. The summed E-state index contributed by atoms with van der Waals surface area (Å²) in [5.74, 6) is 0.469. The van der Waals surface area contributed by atoms with Gasteiger partial charge in [-0.25, -0.2) is 4.79 Å². The molecule has 2 atom stereocenters. The number of carbonyl (C=O) groups excluding carboxylic acids is 1. The number of nitrogens with one attached hydrogen (secondary N) is 1. The largest absolute Gasteiger partial charge is 0.508 e. The van der Waals surface area contributed by atoms with Crippen molar-refractivity contribution in [1.82, 2.24) is 5.32 Å². The molecule has 0 spiro atoms. The molecule has 0 aromatic heterocycles. The van der Waals surface area contributed by atoms with E-state index in [-0.39, 0.29) is 12.7 Å². The number of benzene rings is 1. The van der Waals surface area contributed by atoms with Crippen LogP contribution in [0.1, 0.15) is 38.7 Å². The maximum atomic E-state index is 11.6. The zero-order valence-electron chi connectivity index (χ0n) is 14.0. The van der Waals surface area contributed by atoms with Gasteiger partial charge in [0.15, 0.2) is 6.16 Å². The summed E-state index contributed by atoms with van der Waals surface area (Å²) in [5.41, 5.74) is 0.972. The molecule has 0 saturated heterocycles. The van der Waals surface area contributed by atoms with E-state index in [0.29, 0.717) is 25.2 Å². The van der Waals surface area contributed by atoms with Crippen molar-refractivity contribution < 1.29 is 18.6 Å². The highest BCUT2D eigenvalue weighted by Gasteiger charge is 2.17. The lowest BCUT2D eigenvalue weighted by atomic mass is 10.0. The smallest absolute Gasteiger partial charge is 0.445 e. The summed E-state index contributed by atoms with van der Waals surface area (Å²) in [7, 11) is -1.51. The molecule has 1 rings (SSSR count). The van der Waals surface area contributed by atoms with Gasteiger partial charge < -0.3 is 10.1 Å². The van der Waals surface area contributed by atoms with Crippen LogP contribution in [0.25, 0.3) is 0 Å². The predicted molar refractivity (Wildman–Crippen MR) is 91.7 cm³/mol. The fraction of sp³-hybridized carbons (Fsp3) is 0.588. The molecule has 128 valence electrons. The molecule has 1 aromatic carbocycles. The first-order valence-electron chi connectivity index (χ1n) is 8.14. The summed E-state index contributed by atoms with van der Waals surface area (Å²) in [4.78, 5) is 11.6. The molecular weight excluding hydrogens is 313 g/mol. The van der Waals surface area contributed by atoms with Crippen LogP contribution in [-0.2, 0) is 20.4 Å². The third kappa shape index (κ3) is 10.0. The average Bonchev–Trinajstić information content (AvgIpc) is 2.56. The normalized spacial score (nSPS) is 12.5. The Bertz CT molecular complexity index is 467. The Labute approximate surface area is 139 Å². The SMILES string of the molecule is CCO[P+](=O)CCC(C)CCCNC(=O)OCc1ccccc1. The molecule has 0 radical (unpaired) electrons. The van der Waals surface area contributed by atoms with Crippen LogP contribution in [0.15, 0.2) is 30.3 Å². The topological polar surface area (TPSA) is 64.6 Å². The molecule has 1 aromatic rings. The van der Waals surface area contributed by atoms with Crippen LogP contribution in [0.2, 0.25) is 0 Å². The molecule has 23 heavy (non-hydrogen) atoms. The van der Waals surface area contributed by atoms with E-state index in [4.69, 9.17) is 9.26 Å². The third-order valence-corrected chi connectivity index (χ3v) is 4.60. The van der Waals surface area contributed by atoms with Crippen molar-refractivity contribution in [3.63, 3.8) is 0 Å². The Balaban J connectivity index is 2.03. The summed E-state index contributed by atoms with van der Waals surface area (Å²) >= 11 is 0. The molecule has 0 heterocycles. The molecule has 5 nitrogen and oxygen atoms in total. The molecule has 0 fully saturated rings. The minimum absolute atomic E-state index is 0.285. The van der Waals surface area contributed by atoms with Gasteiger partial charge in [-0.15, -0.1) is 4.52 Å². The van der Waals surface area contributed by atoms with Crippen LogP contribution < -0.4 is 5.32 Å². The van der Waals surface area contributed by atoms with Crippen molar-refractivity contribution in [2.45, 2.75) is 39.7 Å². The zero-order valence-corrected chi connectivity index (χ0v) is 14.9. The first-order chi connectivity index (χ1) is 11.1. The van der Waals surface area contributed by atoms with Gasteiger partial charge in [-0.3, -0.25) is 0 Å². The van der Waals surface area contributed by atoms with Gasteiger partial charge >= 0.3 is 14.1 Å². The highest BCUT2D eigenvalue weighted by Crippen LogP contribution is 2.25. The zero-order chi connectivity index (χ0) is 16.9. The van der Waals surface area contributed by atoms with Crippen LogP contribution >= 0.6 is 8.03 Å². The first kappa shape index (κ1) is 19.6. The van der Waals surface area contributed by atoms with E-state index < -0.39 is 8.03 Å². The van der Waals surface area contributed by atoms with Crippen LogP contribution in [0.3, 0.4) is 0 Å². The van der Waals surface area contributed by atoms with E-state index in [1.165, 1.54) is 0 Å². The van der Waals surface area contributed by atoms with E-state index in [9.17, 15) is 9.36 Å². The molecule has 0 saturated carbocycles. The van der Waals surface area contributed by atoms with E-state index in [1.54, 1.807) is 0 Å². The van der Waals surface area contributed by atoms with Gasteiger partial charge in [-0.05, 0) is 42.2 Å². The summed E-state index contributed by atoms with van der Waals surface area (Å²) < 4.78 is 21.6. The molecule has 0 aliphatic carbocycles. The number of amides is 1. The highest BCUT2D eigenvalue weighted by atomic mass is 31.1. The van der Waals surface area contributed by atoms with Gasteiger partial charge in [-0.2, -0.15) is 0 Å². The molecule has 0 aliphatic rings. The van der Waals surface area contributed by atoms with Gasteiger partial charge in [0, 0.05) is 6.54 Å². The number of ether oxygens (including phenoxy) is 1. The quantitative estimate of drug-likeness (QED) is 0.476. The Kier molecular flexibility index (Phi) is 10.3. The lowest BCUT2D eigenvalue weighted by Gasteiger charge is -2.09. The fourth-order valence-corrected chi connectivity index (χ4v) is 3.16. The van der Waals surface area contributed by atoms with E-state index in [0.717, 1.165) is 24.8 Å². The van der Waals surface area contributed by atoms with E-state index in [1.807, 2.05) is 37.3 Å². The molecule has 6 heteroatoms. The lowest BCUT2D eigenvalue weighted by molar-refractivity contribution is 0.139. The van der Waals surface area contributed by atoms with Gasteiger partial charge in [0.05, 0.1) is 6.61 Å². The van der Waals surface area contributed by atoms with E-state index in [2.05, 4.69) is 12.2 Å². The number of hydrogen-bond donors (Lipinski definition) is 1. The Morgan fingerprint density at radius 3 is 2.70 bits per heavy atom. The minimum atomic E-state index is -1.51. The molecular formula is C17H27NO4P+. The van der Waals surface area contributed by atoms with Crippen LogP contribution in [0.5, 0.6) is 0 Å². The molecule has 1 N–H and O–H groups in total. The number of rotatable bonds is 11. The van der Waals surface area contributed by atoms with Crippen molar-refractivity contribution >= 4 is 14.1 Å². The summed E-state index contributed by atoms with van der Waals surface area (Å²) in [6.07, 6.45) is 2.96. The van der Waals surface area contributed by atoms with Crippen LogP contribution in [0.4, 0.5) is 4.79 Å². The van der Waals surface area contributed by atoms with Gasteiger partial charge in [0.2, 0.25) is 0 Å². The van der Waals surface area contributed by atoms with Crippen LogP contribution in [-0.4, -0.2) is 25.4 Å². The van der Waals surface area contributed by atoms with Gasteiger partial charge in [0.25, 0.3) is 0 Å². The van der Waals surface area contributed by atoms with Crippen molar-refractivity contribution in [2.75, 3.05) is 19.3 Å². The van der Waals surface area contributed by atoms with Crippen molar-refractivity contribution in [1.29, 1.82) is 0 Å². The van der Waals surface area contributed by atoms with Crippen molar-refractivity contribution in [3.8, 4) is 0 Å². The second kappa shape index (κ2) is 12.0. The summed E-state index contributed by atoms with van der Waals surface area (Å²) in [6, 6.07) is 9.59. The highest BCUT2D eigenvalue weighted by molar-refractivity contribution is 7.39. The Morgan fingerprint density at radius 2 is 2.00 bits per heavy atom. The van der Waals surface area contributed by atoms with Crippen LogP contribution in [0, 0.1) is 5.92 Å². The minimum Gasteiger partial charge on any atom is -0.445 e. The number of hydrogen-bond acceptors (Lipinski definition) is 4. The second-order valence-corrected chi connectivity index (χ2v) is 6.87. The van der Waals surface area contributed by atoms with Gasteiger partial charge in [0.1, 0.15) is 6.61 Å². The van der Waals surface area contributed by atoms with Crippen molar-refractivity contribution in [3.05, 3.63) is 35.9 Å². The fourth-order valence-electron chi connectivity index (χ4n) is 2.09. The summed E-state index contributed by atoms with van der Waals surface area (Å²) in [5, 5.41) is 2.75. The molecule has 1 amide bonds. The van der Waals surface area contributed by atoms with Gasteiger partial charge in [-0.1, -0.05) is 37.3 Å². The summed E-state index contributed by atoms with van der Waals surface area (Å²) in [6.45, 7) is 5.35. The molecule has 2 unspecified atom stereocenters. The standard InChI is InChI=1S/C17H26NO4P/c1-3-22-23(20)13-11-15(2)8-7-12-18-17(19)21-14-16-9-5-4-6-10-16/h4-6,9-10,15H,3,7-8,11-14H2,1-2H3/p+1. The monoisotopic (exact) mass is 340 g/mol. The Morgan fingerprint density at radius 1 is 1.26 bits per heavy atom. The second-order valence-electron chi connectivity index (χ2n) is 5.50.